The number of nitrogens with one attached hydrogen (secondary N) is 1. The van der Waals surface area contributed by atoms with Gasteiger partial charge in [0.15, 0.2) is 0 Å². The van der Waals surface area contributed by atoms with Gasteiger partial charge in [0, 0.05) is 18.3 Å². The maximum Gasteiger partial charge on any atom is 0.335 e. The minimum Gasteiger partial charge on any atom is -0.497 e. The van der Waals surface area contributed by atoms with E-state index in [4.69, 9.17) is 14.6 Å². The number of carbonyl (C=O) groups is 1. The largest absolute Gasteiger partial charge is 0.497 e. The predicted octanol–water partition coefficient (Wildman–Crippen LogP) is 3.01. The zero-order chi connectivity index (χ0) is 15.2. The Kier molecular flexibility index (Phi) is 4.66. The van der Waals surface area contributed by atoms with Gasteiger partial charge in [-0.15, -0.1) is 0 Å². The Labute approximate surface area is 123 Å². The molecule has 0 spiro atoms. The third kappa shape index (κ3) is 3.89. The monoisotopic (exact) mass is 287 g/mol. The highest BCUT2D eigenvalue weighted by atomic mass is 16.5. The summed E-state index contributed by atoms with van der Waals surface area (Å²) in [7, 11) is 3.20. The molecule has 0 saturated carbocycles. The van der Waals surface area contributed by atoms with Crippen LogP contribution < -0.4 is 14.8 Å². The smallest absolute Gasteiger partial charge is 0.335 e. The van der Waals surface area contributed by atoms with Gasteiger partial charge in [0.2, 0.25) is 0 Å². The number of carboxylic acid groups (broad SMARTS) is 1. The Morgan fingerprint density at radius 1 is 1.10 bits per heavy atom. The zero-order valence-corrected chi connectivity index (χ0v) is 11.9. The van der Waals surface area contributed by atoms with E-state index in [1.165, 1.54) is 0 Å². The highest BCUT2D eigenvalue weighted by molar-refractivity contribution is 5.88. The molecule has 2 rings (SSSR count). The number of rotatable bonds is 6. The van der Waals surface area contributed by atoms with Crippen molar-refractivity contribution >= 4 is 11.7 Å². The van der Waals surface area contributed by atoms with Gasteiger partial charge >= 0.3 is 5.97 Å². The molecule has 0 fully saturated rings. The molecule has 0 saturated heterocycles. The minimum atomic E-state index is -0.943. The molecular weight excluding hydrogens is 270 g/mol. The van der Waals surface area contributed by atoms with Crippen LogP contribution >= 0.6 is 0 Å². The molecule has 5 nitrogen and oxygen atoms in total. The van der Waals surface area contributed by atoms with Crippen molar-refractivity contribution in [3.63, 3.8) is 0 Å². The molecule has 0 heterocycles. The van der Waals surface area contributed by atoms with Gasteiger partial charge in [-0.05, 0) is 35.9 Å². The Morgan fingerprint density at radius 2 is 1.76 bits per heavy atom. The lowest BCUT2D eigenvalue weighted by atomic mass is 10.1. The van der Waals surface area contributed by atoms with Gasteiger partial charge in [-0.2, -0.15) is 0 Å². The molecule has 2 aromatic carbocycles. The van der Waals surface area contributed by atoms with Crippen LogP contribution in [0.1, 0.15) is 15.9 Å². The summed E-state index contributed by atoms with van der Waals surface area (Å²) in [6.45, 7) is 0.538. The van der Waals surface area contributed by atoms with Gasteiger partial charge in [0.25, 0.3) is 0 Å². The van der Waals surface area contributed by atoms with E-state index < -0.39 is 5.97 Å². The quantitative estimate of drug-likeness (QED) is 0.854. The highest BCUT2D eigenvalue weighted by Gasteiger charge is 2.04. The fraction of sp³-hybridized carbons (Fsp3) is 0.188. The summed E-state index contributed by atoms with van der Waals surface area (Å²) in [4.78, 5) is 10.9. The van der Waals surface area contributed by atoms with Crippen molar-refractivity contribution in [3.05, 3.63) is 53.6 Å². The molecule has 110 valence electrons. The number of benzene rings is 2. The molecule has 0 aromatic heterocycles. The van der Waals surface area contributed by atoms with Crippen molar-refractivity contribution < 1.29 is 19.4 Å². The van der Waals surface area contributed by atoms with Gasteiger partial charge in [-0.1, -0.05) is 6.07 Å². The van der Waals surface area contributed by atoms with E-state index in [1.54, 1.807) is 38.5 Å². The number of ether oxygens (including phenoxy) is 2. The number of carboxylic acids is 1. The molecular formula is C16H17NO4. The van der Waals surface area contributed by atoms with E-state index in [2.05, 4.69) is 5.32 Å². The van der Waals surface area contributed by atoms with E-state index in [0.717, 1.165) is 11.3 Å². The van der Waals surface area contributed by atoms with Gasteiger partial charge in [-0.3, -0.25) is 0 Å². The highest BCUT2D eigenvalue weighted by Crippen LogP contribution is 2.23. The summed E-state index contributed by atoms with van der Waals surface area (Å²) >= 11 is 0. The molecule has 0 aliphatic heterocycles. The van der Waals surface area contributed by atoms with Crippen molar-refractivity contribution in [2.24, 2.45) is 0 Å². The molecule has 0 bridgehead atoms. The number of hydrogen-bond donors (Lipinski definition) is 2. The molecule has 0 amide bonds. The molecule has 0 unspecified atom stereocenters. The van der Waals surface area contributed by atoms with Gasteiger partial charge < -0.3 is 19.9 Å². The molecule has 0 aliphatic rings. The second kappa shape index (κ2) is 6.65. The topological polar surface area (TPSA) is 67.8 Å². The lowest BCUT2D eigenvalue weighted by Crippen LogP contribution is -2.02. The number of anilines is 1. The van der Waals surface area contributed by atoms with Crippen LogP contribution in [0, 0.1) is 0 Å². The summed E-state index contributed by atoms with van der Waals surface area (Å²) in [6, 6.07) is 12.3. The van der Waals surface area contributed by atoms with Crippen LogP contribution in [0.4, 0.5) is 5.69 Å². The molecule has 0 atom stereocenters. The first-order valence-corrected chi connectivity index (χ1v) is 6.41. The second-order valence-electron chi connectivity index (χ2n) is 4.46. The Morgan fingerprint density at radius 3 is 2.33 bits per heavy atom. The van der Waals surface area contributed by atoms with Crippen LogP contribution in [0.2, 0.25) is 0 Å². The molecule has 2 N–H and O–H groups in total. The first-order valence-electron chi connectivity index (χ1n) is 6.41. The summed E-state index contributed by atoms with van der Waals surface area (Å²) in [5.41, 5.74) is 1.98. The van der Waals surface area contributed by atoms with E-state index in [-0.39, 0.29) is 5.56 Å². The Balaban J connectivity index is 2.12. The maximum atomic E-state index is 10.9. The molecule has 5 heteroatoms. The number of aromatic carboxylic acids is 1. The lowest BCUT2D eigenvalue weighted by molar-refractivity contribution is 0.0697. The van der Waals surface area contributed by atoms with Crippen molar-refractivity contribution in [2.75, 3.05) is 19.5 Å². The maximum absolute atomic E-state index is 10.9. The third-order valence-electron chi connectivity index (χ3n) is 3.02. The van der Waals surface area contributed by atoms with Crippen molar-refractivity contribution in [1.82, 2.24) is 0 Å². The Bertz CT molecular complexity index is 618. The van der Waals surface area contributed by atoms with Crippen molar-refractivity contribution in [2.45, 2.75) is 6.54 Å². The normalized spacial score (nSPS) is 10.0. The zero-order valence-electron chi connectivity index (χ0n) is 11.9. The van der Waals surface area contributed by atoms with E-state index in [9.17, 15) is 4.79 Å². The van der Waals surface area contributed by atoms with Gasteiger partial charge in [0.1, 0.15) is 11.5 Å². The van der Waals surface area contributed by atoms with E-state index in [0.29, 0.717) is 18.0 Å². The van der Waals surface area contributed by atoms with Crippen LogP contribution in [-0.2, 0) is 6.54 Å². The summed E-state index contributed by atoms with van der Waals surface area (Å²) in [5.74, 6) is 0.484. The fourth-order valence-corrected chi connectivity index (χ4v) is 1.93. The first kappa shape index (κ1) is 14.7. The minimum absolute atomic E-state index is 0.253. The number of hydrogen-bond acceptors (Lipinski definition) is 4. The fourth-order valence-electron chi connectivity index (χ4n) is 1.93. The van der Waals surface area contributed by atoms with Crippen LogP contribution in [0.5, 0.6) is 11.5 Å². The van der Waals surface area contributed by atoms with Crippen LogP contribution in [0.3, 0.4) is 0 Å². The van der Waals surface area contributed by atoms with Gasteiger partial charge in [-0.25, -0.2) is 4.79 Å². The Hall–Kier alpha value is -2.69. The first-order chi connectivity index (χ1) is 10.1. The third-order valence-corrected chi connectivity index (χ3v) is 3.02. The summed E-state index contributed by atoms with van der Waals surface area (Å²) in [5, 5.41) is 12.2. The van der Waals surface area contributed by atoms with Crippen LogP contribution in [-0.4, -0.2) is 25.3 Å². The second-order valence-corrected chi connectivity index (χ2v) is 4.46. The lowest BCUT2D eigenvalue weighted by Gasteiger charge is -2.10. The van der Waals surface area contributed by atoms with E-state index >= 15 is 0 Å². The standard InChI is InChI=1S/C16H17NO4/c1-20-14-6-11(7-15(9-14)21-2)10-17-13-5-3-4-12(8-13)16(18)19/h3-9,17H,10H2,1-2H3,(H,18,19). The SMILES string of the molecule is COc1cc(CNc2cccc(C(=O)O)c2)cc(OC)c1. The molecule has 0 aliphatic carbocycles. The van der Waals surface area contributed by atoms with E-state index in [1.807, 2.05) is 18.2 Å². The van der Waals surface area contributed by atoms with Crippen molar-refractivity contribution in [3.8, 4) is 11.5 Å². The predicted molar refractivity (Wildman–Crippen MR) is 80.3 cm³/mol. The molecule has 2 aromatic rings. The molecule has 21 heavy (non-hydrogen) atoms. The average Bonchev–Trinajstić information content (AvgIpc) is 2.52. The number of methoxy groups -OCH3 is 2. The van der Waals surface area contributed by atoms with Gasteiger partial charge in [0.05, 0.1) is 19.8 Å². The molecule has 0 radical (unpaired) electrons. The van der Waals surface area contributed by atoms with Crippen LogP contribution in [0.15, 0.2) is 42.5 Å². The van der Waals surface area contributed by atoms with Crippen molar-refractivity contribution in [1.29, 1.82) is 0 Å². The average molecular weight is 287 g/mol. The summed E-state index contributed by atoms with van der Waals surface area (Å²) < 4.78 is 10.4. The summed E-state index contributed by atoms with van der Waals surface area (Å²) in [6.07, 6.45) is 0. The van der Waals surface area contributed by atoms with Crippen LogP contribution in [0.25, 0.3) is 0 Å².